The number of ether oxygens (including phenoxy) is 2. The van der Waals surface area contributed by atoms with E-state index in [-0.39, 0.29) is 18.9 Å². The third-order valence-electron chi connectivity index (χ3n) is 5.06. The predicted octanol–water partition coefficient (Wildman–Crippen LogP) is 4.99. The second-order valence-corrected chi connectivity index (χ2v) is 7.68. The minimum atomic E-state index is -0.967. The Hall–Kier alpha value is -4.59. The molecule has 3 N–H and O–H groups in total. The van der Waals surface area contributed by atoms with E-state index in [0.29, 0.717) is 40.8 Å². The highest BCUT2D eigenvalue weighted by Gasteiger charge is 2.14. The Balaban J connectivity index is 1.55. The highest BCUT2D eigenvalue weighted by Crippen LogP contribution is 2.31. The van der Waals surface area contributed by atoms with Crippen molar-refractivity contribution in [3.8, 4) is 11.5 Å². The van der Waals surface area contributed by atoms with E-state index >= 15 is 0 Å². The molecule has 0 bridgehead atoms. The van der Waals surface area contributed by atoms with E-state index < -0.39 is 5.97 Å². The van der Waals surface area contributed by atoms with Crippen molar-refractivity contribution in [3.63, 3.8) is 0 Å². The third kappa shape index (κ3) is 6.26. The van der Waals surface area contributed by atoms with E-state index in [0.717, 1.165) is 11.0 Å². The van der Waals surface area contributed by atoms with Gasteiger partial charge < -0.3 is 24.9 Å². The molecule has 4 rings (SSSR count). The number of fused-ring (bicyclic) bond motifs is 1. The lowest BCUT2D eigenvalue weighted by atomic mass is 10.1. The number of imidazole rings is 1. The highest BCUT2D eigenvalue weighted by atomic mass is 16.5. The first-order valence-electron chi connectivity index (χ1n) is 11.1. The molecule has 0 aliphatic rings. The van der Waals surface area contributed by atoms with Crippen molar-refractivity contribution in [1.82, 2.24) is 9.97 Å². The standard InChI is InChI=1S/C27H25N3O5/c1-2-34-24-15-18(12-13-23(24)35-17-25(31)28-20-8-4-3-5-9-20)14-19(16-26(32)33)27-29-21-10-6-7-11-22(21)30-27/h3-15H,2,16-17H2,1H3,(H,28,31)(H,29,30)(H,32,33)/b19-14+. The molecule has 8 nitrogen and oxygen atoms in total. The SMILES string of the molecule is CCOc1cc(/C=C(\CC(=O)O)c2nc3ccccc3[nH]2)ccc1OCC(=O)Nc1ccccc1. The van der Waals surface area contributed by atoms with E-state index in [4.69, 9.17) is 9.47 Å². The molecule has 4 aromatic rings. The van der Waals surface area contributed by atoms with Gasteiger partial charge in [0.25, 0.3) is 5.91 Å². The number of nitrogens with zero attached hydrogens (tertiary/aromatic N) is 1. The Labute approximate surface area is 202 Å². The van der Waals surface area contributed by atoms with Gasteiger partial charge in [0.05, 0.1) is 24.1 Å². The topological polar surface area (TPSA) is 114 Å². The van der Waals surface area contributed by atoms with E-state index in [1.165, 1.54) is 0 Å². The van der Waals surface area contributed by atoms with Crippen LogP contribution in [0.25, 0.3) is 22.7 Å². The maximum Gasteiger partial charge on any atom is 0.307 e. The molecule has 1 aromatic heterocycles. The summed E-state index contributed by atoms with van der Waals surface area (Å²) in [6.45, 7) is 2.05. The summed E-state index contributed by atoms with van der Waals surface area (Å²) in [5, 5.41) is 12.2. The summed E-state index contributed by atoms with van der Waals surface area (Å²) in [7, 11) is 0. The van der Waals surface area contributed by atoms with Crippen LogP contribution in [-0.2, 0) is 9.59 Å². The molecule has 0 spiro atoms. The van der Waals surface area contributed by atoms with Gasteiger partial charge in [-0.3, -0.25) is 9.59 Å². The van der Waals surface area contributed by atoms with Crippen molar-refractivity contribution in [2.24, 2.45) is 0 Å². The fraction of sp³-hybridized carbons (Fsp3) is 0.148. The number of aromatic nitrogens is 2. The summed E-state index contributed by atoms with van der Waals surface area (Å²) in [6, 6.07) is 21.9. The van der Waals surface area contributed by atoms with Gasteiger partial charge in [-0.2, -0.15) is 0 Å². The van der Waals surface area contributed by atoms with Gasteiger partial charge in [0.15, 0.2) is 18.1 Å². The largest absolute Gasteiger partial charge is 0.490 e. The summed E-state index contributed by atoms with van der Waals surface area (Å²) in [5.74, 6) is 0.0932. The summed E-state index contributed by atoms with van der Waals surface area (Å²) in [4.78, 5) is 31.5. The molecule has 1 heterocycles. The van der Waals surface area contributed by atoms with E-state index in [1.807, 2.05) is 49.4 Å². The van der Waals surface area contributed by atoms with Crippen LogP contribution in [0.3, 0.4) is 0 Å². The number of H-pyrrole nitrogens is 1. The van der Waals surface area contributed by atoms with Crippen LogP contribution in [0.4, 0.5) is 5.69 Å². The molecule has 0 aliphatic carbocycles. The van der Waals surface area contributed by atoms with Crippen molar-refractivity contribution < 1.29 is 24.2 Å². The van der Waals surface area contributed by atoms with Gasteiger partial charge in [-0.15, -0.1) is 0 Å². The number of benzene rings is 3. The zero-order chi connectivity index (χ0) is 24.6. The van der Waals surface area contributed by atoms with Gasteiger partial charge in [0, 0.05) is 11.3 Å². The van der Waals surface area contributed by atoms with Crippen LogP contribution >= 0.6 is 0 Å². The zero-order valence-electron chi connectivity index (χ0n) is 19.2. The minimum absolute atomic E-state index is 0.187. The molecule has 35 heavy (non-hydrogen) atoms. The second-order valence-electron chi connectivity index (χ2n) is 7.68. The molecule has 8 heteroatoms. The molecule has 0 fully saturated rings. The Morgan fingerprint density at radius 2 is 1.77 bits per heavy atom. The Morgan fingerprint density at radius 3 is 2.51 bits per heavy atom. The van der Waals surface area contributed by atoms with Crippen molar-refractivity contribution in [3.05, 3.63) is 84.2 Å². The number of amides is 1. The number of carbonyl (C=O) groups is 2. The van der Waals surface area contributed by atoms with Gasteiger partial charge >= 0.3 is 5.97 Å². The molecular formula is C27H25N3O5. The van der Waals surface area contributed by atoms with Crippen LogP contribution in [0.2, 0.25) is 0 Å². The number of carboxylic acids is 1. The van der Waals surface area contributed by atoms with Gasteiger partial charge in [-0.1, -0.05) is 36.4 Å². The van der Waals surface area contributed by atoms with Gasteiger partial charge in [-0.25, -0.2) is 4.98 Å². The average Bonchev–Trinajstić information content (AvgIpc) is 3.28. The van der Waals surface area contributed by atoms with E-state index in [9.17, 15) is 14.7 Å². The lowest BCUT2D eigenvalue weighted by Gasteiger charge is -2.13. The fourth-order valence-electron chi connectivity index (χ4n) is 3.54. The number of para-hydroxylation sites is 3. The van der Waals surface area contributed by atoms with E-state index in [2.05, 4.69) is 15.3 Å². The first-order valence-corrected chi connectivity index (χ1v) is 11.1. The lowest BCUT2D eigenvalue weighted by Crippen LogP contribution is -2.20. The molecular weight excluding hydrogens is 446 g/mol. The third-order valence-corrected chi connectivity index (χ3v) is 5.06. The number of nitrogens with one attached hydrogen (secondary N) is 2. The second kappa shape index (κ2) is 11.0. The molecule has 3 aromatic carbocycles. The first-order chi connectivity index (χ1) is 17.0. The van der Waals surface area contributed by atoms with Crippen LogP contribution in [0, 0.1) is 0 Å². The number of carbonyl (C=O) groups excluding carboxylic acids is 1. The highest BCUT2D eigenvalue weighted by molar-refractivity contribution is 5.93. The molecule has 0 aliphatic heterocycles. The molecule has 1 amide bonds. The molecule has 0 saturated heterocycles. The monoisotopic (exact) mass is 471 g/mol. The molecule has 0 radical (unpaired) electrons. The molecule has 0 atom stereocenters. The Kier molecular flexibility index (Phi) is 7.42. The Bertz CT molecular complexity index is 1330. The Morgan fingerprint density at radius 1 is 1.00 bits per heavy atom. The van der Waals surface area contributed by atoms with Crippen LogP contribution in [0.1, 0.15) is 24.7 Å². The number of carboxylic acid groups (broad SMARTS) is 1. The summed E-state index contributed by atoms with van der Waals surface area (Å²) >= 11 is 0. The molecule has 0 unspecified atom stereocenters. The maximum absolute atomic E-state index is 12.2. The van der Waals surface area contributed by atoms with Crippen LogP contribution in [-0.4, -0.2) is 40.2 Å². The van der Waals surface area contributed by atoms with Gasteiger partial charge in [-0.05, 0) is 55.0 Å². The molecule has 0 saturated carbocycles. The van der Waals surface area contributed by atoms with Gasteiger partial charge in [0.1, 0.15) is 5.82 Å². The quantitative estimate of drug-likeness (QED) is 0.300. The number of aromatic amines is 1. The van der Waals surface area contributed by atoms with Gasteiger partial charge in [0.2, 0.25) is 0 Å². The number of hydrogen-bond acceptors (Lipinski definition) is 5. The smallest absolute Gasteiger partial charge is 0.307 e. The normalized spacial score (nSPS) is 11.3. The first kappa shape index (κ1) is 23.6. The van der Waals surface area contributed by atoms with Crippen LogP contribution in [0.15, 0.2) is 72.8 Å². The number of rotatable bonds is 10. The number of aliphatic carboxylic acids is 1. The van der Waals surface area contributed by atoms with Crippen molar-refractivity contribution >= 4 is 40.2 Å². The number of hydrogen-bond donors (Lipinski definition) is 3. The molecule has 178 valence electrons. The number of anilines is 1. The summed E-state index contributed by atoms with van der Waals surface area (Å²) in [5.41, 5.74) is 3.50. The van der Waals surface area contributed by atoms with Crippen LogP contribution in [0.5, 0.6) is 11.5 Å². The van der Waals surface area contributed by atoms with Crippen molar-refractivity contribution in [2.75, 3.05) is 18.5 Å². The van der Waals surface area contributed by atoms with Crippen molar-refractivity contribution in [1.29, 1.82) is 0 Å². The van der Waals surface area contributed by atoms with Crippen LogP contribution < -0.4 is 14.8 Å². The lowest BCUT2D eigenvalue weighted by molar-refractivity contribution is -0.135. The minimum Gasteiger partial charge on any atom is -0.490 e. The summed E-state index contributed by atoms with van der Waals surface area (Å²) < 4.78 is 11.4. The maximum atomic E-state index is 12.2. The summed E-state index contributed by atoms with van der Waals surface area (Å²) in [6.07, 6.45) is 1.54. The van der Waals surface area contributed by atoms with E-state index in [1.54, 1.807) is 36.4 Å². The predicted molar refractivity (Wildman–Crippen MR) is 134 cm³/mol. The fourth-order valence-corrected chi connectivity index (χ4v) is 3.54. The van der Waals surface area contributed by atoms with Crippen molar-refractivity contribution in [2.45, 2.75) is 13.3 Å². The average molecular weight is 472 g/mol. The zero-order valence-corrected chi connectivity index (χ0v) is 19.2.